The van der Waals surface area contributed by atoms with Gasteiger partial charge in [0.05, 0.1) is 18.1 Å². The van der Waals surface area contributed by atoms with E-state index in [9.17, 15) is 9.90 Å². The van der Waals surface area contributed by atoms with Crippen molar-refractivity contribution >= 4 is 17.5 Å². The summed E-state index contributed by atoms with van der Waals surface area (Å²) in [4.78, 5) is 12.7. The van der Waals surface area contributed by atoms with Gasteiger partial charge in [-0.15, -0.1) is 0 Å². The van der Waals surface area contributed by atoms with Gasteiger partial charge in [-0.1, -0.05) is 54.1 Å². The lowest BCUT2D eigenvalue weighted by Gasteiger charge is -2.27. The maximum absolute atomic E-state index is 12.7. The SMILES string of the molecule is CC(C)(C(=O)N[C@H](CO)c1ccccc1)c1cccc(Cl)c1. The van der Waals surface area contributed by atoms with Crippen molar-refractivity contribution in [2.75, 3.05) is 6.61 Å². The summed E-state index contributed by atoms with van der Waals surface area (Å²) in [5.74, 6) is -0.155. The maximum atomic E-state index is 12.7. The number of carbonyl (C=O) groups is 1. The molecule has 0 heterocycles. The molecule has 0 aliphatic carbocycles. The number of carbonyl (C=O) groups excluding carboxylic acids is 1. The Morgan fingerprint density at radius 2 is 1.86 bits per heavy atom. The van der Waals surface area contributed by atoms with Crippen molar-refractivity contribution in [2.45, 2.75) is 25.3 Å². The average molecular weight is 318 g/mol. The van der Waals surface area contributed by atoms with Gasteiger partial charge < -0.3 is 10.4 Å². The van der Waals surface area contributed by atoms with E-state index in [4.69, 9.17) is 11.6 Å². The zero-order chi connectivity index (χ0) is 16.2. The van der Waals surface area contributed by atoms with Gasteiger partial charge in [0.15, 0.2) is 0 Å². The number of amides is 1. The minimum atomic E-state index is -0.743. The van der Waals surface area contributed by atoms with Crippen molar-refractivity contribution < 1.29 is 9.90 Å². The summed E-state index contributed by atoms with van der Waals surface area (Å²) in [6, 6.07) is 16.3. The Bertz CT molecular complexity index is 641. The van der Waals surface area contributed by atoms with Gasteiger partial charge >= 0.3 is 0 Å². The number of halogens is 1. The molecule has 0 aromatic heterocycles. The van der Waals surface area contributed by atoms with Crippen LogP contribution in [0.15, 0.2) is 54.6 Å². The molecule has 2 rings (SSSR count). The molecule has 0 bridgehead atoms. The normalized spacial score (nSPS) is 12.7. The van der Waals surface area contributed by atoms with Crippen LogP contribution in [0.3, 0.4) is 0 Å². The van der Waals surface area contributed by atoms with Gasteiger partial charge in [0.2, 0.25) is 5.91 Å². The minimum absolute atomic E-state index is 0.151. The molecule has 0 unspecified atom stereocenters. The fourth-order valence-corrected chi connectivity index (χ4v) is 2.46. The van der Waals surface area contributed by atoms with E-state index in [-0.39, 0.29) is 12.5 Å². The number of rotatable bonds is 5. The van der Waals surface area contributed by atoms with E-state index in [2.05, 4.69) is 5.32 Å². The maximum Gasteiger partial charge on any atom is 0.230 e. The molecule has 116 valence electrons. The minimum Gasteiger partial charge on any atom is -0.394 e. The van der Waals surface area contributed by atoms with Crippen molar-refractivity contribution in [3.8, 4) is 0 Å². The quantitative estimate of drug-likeness (QED) is 0.887. The van der Waals surface area contributed by atoms with E-state index >= 15 is 0 Å². The number of aliphatic hydroxyl groups is 1. The molecular formula is C18H20ClNO2. The lowest BCUT2D eigenvalue weighted by molar-refractivity contribution is -0.126. The highest BCUT2D eigenvalue weighted by Gasteiger charge is 2.31. The number of aliphatic hydroxyl groups excluding tert-OH is 1. The van der Waals surface area contributed by atoms with E-state index in [0.717, 1.165) is 11.1 Å². The molecular weight excluding hydrogens is 298 g/mol. The summed E-state index contributed by atoms with van der Waals surface area (Å²) >= 11 is 6.01. The summed E-state index contributed by atoms with van der Waals surface area (Å²) in [7, 11) is 0. The third-order valence-electron chi connectivity index (χ3n) is 3.80. The van der Waals surface area contributed by atoms with Gasteiger partial charge in [-0.3, -0.25) is 4.79 Å². The van der Waals surface area contributed by atoms with Crippen LogP contribution < -0.4 is 5.32 Å². The molecule has 1 atom stereocenters. The molecule has 2 aromatic carbocycles. The second-order valence-electron chi connectivity index (χ2n) is 5.75. The van der Waals surface area contributed by atoms with Gasteiger partial charge in [0.1, 0.15) is 0 Å². The molecule has 2 aromatic rings. The van der Waals surface area contributed by atoms with E-state index in [1.54, 1.807) is 12.1 Å². The molecule has 0 saturated heterocycles. The van der Waals surface area contributed by atoms with Gasteiger partial charge in [0, 0.05) is 5.02 Å². The third kappa shape index (κ3) is 3.67. The van der Waals surface area contributed by atoms with E-state index in [1.165, 1.54) is 0 Å². The predicted molar refractivity (Wildman–Crippen MR) is 88.9 cm³/mol. The van der Waals surface area contributed by atoms with Crippen LogP contribution in [0.1, 0.15) is 31.0 Å². The molecule has 3 nitrogen and oxygen atoms in total. The smallest absolute Gasteiger partial charge is 0.230 e. The van der Waals surface area contributed by atoms with Crippen LogP contribution in [0.2, 0.25) is 5.02 Å². The van der Waals surface area contributed by atoms with Crippen molar-refractivity contribution in [2.24, 2.45) is 0 Å². The Morgan fingerprint density at radius 3 is 2.45 bits per heavy atom. The van der Waals surface area contributed by atoms with Crippen LogP contribution in [0.5, 0.6) is 0 Å². The predicted octanol–water partition coefficient (Wildman–Crippen LogP) is 3.47. The van der Waals surface area contributed by atoms with Crippen LogP contribution in [0.25, 0.3) is 0 Å². The Labute approximate surface area is 135 Å². The van der Waals surface area contributed by atoms with E-state index in [1.807, 2.05) is 56.3 Å². The molecule has 0 saturated carbocycles. The topological polar surface area (TPSA) is 49.3 Å². The van der Waals surface area contributed by atoms with Crippen LogP contribution in [0, 0.1) is 0 Å². The third-order valence-corrected chi connectivity index (χ3v) is 4.04. The van der Waals surface area contributed by atoms with Crippen molar-refractivity contribution in [1.82, 2.24) is 5.32 Å². The molecule has 0 aliphatic heterocycles. The summed E-state index contributed by atoms with van der Waals surface area (Å²) in [5.41, 5.74) is 0.968. The molecule has 0 fully saturated rings. The van der Waals surface area contributed by atoms with Crippen molar-refractivity contribution in [3.05, 3.63) is 70.7 Å². The zero-order valence-electron chi connectivity index (χ0n) is 12.7. The Kier molecular flexibility index (Phi) is 5.22. The first kappa shape index (κ1) is 16.5. The fraction of sp³-hybridized carbons (Fsp3) is 0.278. The van der Waals surface area contributed by atoms with Crippen LogP contribution in [-0.4, -0.2) is 17.6 Å². The van der Waals surface area contributed by atoms with Crippen LogP contribution in [-0.2, 0) is 10.2 Å². The zero-order valence-corrected chi connectivity index (χ0v) is 13.5. The van der Waals surface area contributed by atoms with Crippen LogP contribution in [0.4, 0.5) is 0 Å². The van der Waals surface area contributed by atoms with Crippen molar-refractivity contribution in [3.63, 3.8) is 0 Å². The Balaban J connectivity index is 2.19. The molecule has 2 N–H and O–H groups in total. The molecule has 22 heavy (non-hydrogen) atoms. The largest absolute Gasteiger partial charge is 0.394 e. The average Bonchev–Trinajstić information content (AvgIpc) is 2.53. The Morgan fingerprint density at radius 1 is 1.18 bits per heavy atom. The number of hydrogen-bond donors (Lipinski definition) is 2. The number of benzene rings is 2. The van der Waals surface area contributed by atoms with E-state index < -0.39 is 11.5 Å². The van der Waals surface area contributed by atoms with Gasteiger partial charge in [-0.25, -0.2) is 0 Å². The van der Waals surface area contributed by atoms with E-state index in [0.29, 0.717) is 5.02 Å². The fourth-order valence-electron chi connectivity index (χ4n) is 2.27. The second kappa shape index (κ2) is 6.95. The molecule has 0 spiro atoms. The van der Waals surface area contributed by atoms with Gasteiger partial charge in [-0.05, 0) is 37.1 Å². The first-order chi connectivity index (χ1) is 10.4. The molecule has 0 radical (unpaired) electrons. The summed E-state index contributed by atoms with van der Waals surface area (Å²) < 4.78 is 0. The second-order valence-corrected chi connectivity index (χ2v) is 6.19. The van der Waals surface area contributed by atoms with Crippen LogP contribution >= 0.6 is 11.6 Å². The van der Waals surface area contributed by atoms with Gasteiger partial charge in [0.25, 0.3) is 0 Å². The lowest BCUT2D eigenvalue weighted by atomic mass is 9.83. The molecule has 0 aliphatic rings. The number of nitrogens with one attached hydrogen (secondary N) is 1. The summed E-state index contributed by atoms with van der Waals surface area (Å²) in [6.45, 7) is 3.53. The first-order valence-electron chi connectivity index (χ1n) is 7.18. The highest BCUT2D eigenvalue weighted by Crippen LogP contribution is 2.27. The highest BCUT2D eigenvalue weighted by atomic mass is 35.5. The standard InChI is InChI=1S/C18H20ClNO2/c1-18(2,14-9-6-10-15(19)11-14)17(22)20-16(12-21)13-7-4-3-5-8-13/h3-11,16,21H,12H2,1-2H3,(H,20,22)/t16-/m1/s1. The molecule has 4 heteroatoms. The monoisotopic (exact) mass is 317 g/mol. The Hall–Kier alpha value is -1.84. The lowest BCUT2D eigenvalue weighted by Crippen LogP contribution is -2.42. The summed E-state index contributed by atoms with van der Waals surface area (Å²) in [5, 5.41) is 13.1. The van der Waals surface area contributed by atoms with Crippen molar-refractivity contribution in [1.29, 1.82) is 0 Å². The highest BCUT2D eigenvalue weighted by molar-refractivity contribution is 6.30. The summed E-state index contributed by atoms with van der Waals surface area (Å²) in [6.07, 6.45) is 0. The first-order valence-corrected chi connectivity index (χ1v) is 7.55. The van der Waals surface area contributed by atoms with Gasteiger partial charge in [-0.2, -0.15) is 0 Å². The number of hydrogen-bond acceptors (Lipinski definition) is 2. The molecule has 1 amide bonds.